The second-order valence-electron chi connectivity index (χ2n) is 14.0. The van der Waals surface area contributed by atoms with Gasteiger partial charge in [0.15, 0.2) is 0 Å². The van der Waals surface area contributed by atoms with Crippen LogP contribution in [0, 0.1) is 0 Å². The number of fused-ring (bicyclic) bond motifs is 13. The third-order valence-corrected chi connectivity index (χ3v) is 11.3. The van der Waals surface area contributed by atoms with Crippen molar-refractivity contribution in [1.82, 2.24) is 4.57 Å². The van der Waals surface area contributed by atoms with Crippen molar-refractivity contribution in [3.8, 4) is 50.2 Å². The molecule has 0 bridgehead atoms. The molecular weight excluding hydrogens is 579 g/mol. The van der Waals surface area contributed by atoms with E-state index < -0.39 is 0 Å². The van der Waals surface area contributed by atoms with E-state index in [9.17, 15) is 0 Å². The van der Waals surface area contributed by atoms with E-state index in [0.717, 1.165) is 0 Å². The Hall–Kier alpha value is -5.92. The number of aromatic nitrogens is 1. The fourth-order valence-electron chi connectivity index (χ4n) is 9.31. The van der Waals surface area contributed by atoms with Crippen molar-refractivity contribution in [1.29, 1.82) is 0 Å². The Morgan fingerprint density at radius 3 is 1.79 bits per heavy atom. The van der Waals surface area contributed by atoms with Crippen molar-refractivity contribution in [2.45, 2.75) is 19.3 Å². The molecule has 1 heteroatoms. The standard InChI is InChI=1S/C47H31N/c1-47(2)40-20-9-7-16-38(40)43-35-14-5-6-15-36(35)44-39-17-8-10-21-41(39)48(46(44)45(43)47)29-24-22-28(23-25-29)30-26-27-37-32-13-4-3-12-31(32)34-19-11-18-33(30)42(34)37/h3-27H,1-2H3. The van der Waals surface area contributed by atoms with Crippen molar-refractivity contribution in [2.24, 2.45) is 0 Å². The van der Waals surface area contributed by atoms with E-state index >= 15 is 0 Å². The lowest BCUT2D eigenvalue weighted by Gasteiger charge is -2.24. The average molecular weight is 610 g/mol. The molecule has 0 unspecified atom stereocenters. The van der Waals surface area contributed by atoms with Crippen molar-refractivity contribution in [2.75, 3.05) is 0 Å². The third kappa shape index (κ3) is 3.16. The fourth-order valence-corrected chi connectivity index (χ4v) is 9.31. The summed E-state index contributed by atoms with van der Waals surface area (Å²) < 4.78 is 2.54. The molecule has 0 spiro atoms. The molecular formula is C47H31N. The zero-order valence-electron chi connectivity index (χ0n) is 26.9. The maximum absolute atomic E-state index is 2.54. The van der Waals surface area contributed by atoms with Gasteiger partial charge in [-0.3, -0.25) is 0 Å². The predicted molar refractivity (Wildman–Crippen MR) is 203 cm³/mol. The molecule has 8 aromatic carbocycles. The number of para-hydroxylation sites is 1. The quantitative estimate of drug-likeness (QED) is 0.184. The summed E-state index contributed by atoms with van der Waals surface area (Å²) in [7, 11) is 0. The maximum Gasteiger partial charge on any atom is 0.0594 e. The fraction of sp³-hybridized carbons (Fsp3) is 0.0638. The lowest BCUT2D eigenvalue weighted by Crippen LogP contribution is -2.16. The van der Waals surface area contributed by atoms with Gasteiger partial charge in [0.25, 0.3) is 0 Å². The second kappa shape index (κ2) is 9.12. The molecule has 224 valence electrons. The van der Waals surface area contributed by atoms with Crippen LogP contribution in [0.15, 0.2) is 152 Å². The van der Waals surface area contributed by atoms with Crippen LogP contribution in [0.25, 0.3) is 93.5 Å². The molecule has 0 saturated heterocycles. The van der Waals surface area contributed by atoms with E-state index in [1.807, 2.05) is 0 Å². The largest absolute Gasteiger partial charge is 0.309 e. The van der Waals surface area contributed by atoms with Gasteiger partial charge in [-0.25, -0.2) is 0 Å². The molecule has 0 amide bonds. The molecule has 0 aliphatic heterocycles. The van der Waals surface area contributed by atoms with E-state index in [2.05, 4.69) is 170 Å². The number of hydrogen-bond donors (Lipinski definition) is 0. The first-order valence-electron chi connectivity index (χ1n) is 17.0. The summed E-state index contributed by atoms with van der Waals surface area (Å²) in [4.78, 5) is 0. The van der Waals surface area contributed by atoms with Crippen LogP contribution in [0.1, 0.15) is 25.0 Å². The summed E-state index contributed by atoms with van der Waals surface area (Å²) in [5, 5.41) is 7.98. The van der Waals surface area contributed by atoms with Gasteiger partial charge in [-0.1, -0.05) is 147 Å². The Kier molecular flexibility index (Phi) is 4.97. The van der Waals surface area contributed by atoms with Crippen LogP contribution in [0.4, 0.5) is 0 Å². The molecule has 0 radical (unpaired) electrons. The summed E-state index contributed by atoms with van der Waals surface area (Å²) in [5.74, 6) is 0. The van der Waals surface area contributed by atoms with Crippen LogP contribution < -0.4 is 0 Å². The molecule has 11 rings (SSSR count). The van der Waals surface area contributed by atoms with Crippen LogP contribution in [-0.4, -0.2) is 4.57 Å². The van der Waals surface area contributed by atoms with E-state index in [-0.39, 0.29) is 5.41 Å². The Morgan fingerprint density at radius 2 is 1.00 bits per heavy atom. The molecule has 48 heavy (non-hydrogen) atoms. The molecule has 2 aliphatic carbocycles. The number of nitrogens with zero attached hydrogens (tertiary/aromatic N) is 1. The van der Waals surface area contributed by atoms with Gasteiger partial charge >= 0.3 is 0 Å². The Labute approximate surface area is 279 Å². The van der Waals surface area contributed by atoms with Gasteiger partial charge in [-0.05, 0) is 95.4 Å². The summed E-state index contributed by atoms with van der Waals surface area (Å²) in [5.41, 5.74) is 17.0. The summed E-state index contributed by atoms with van der Waals surface area (Å²) in [6.45, 7) is 4.82. The topological polar surface area (TPSA) is 4.93 Å². The minimum atomic E-state index is -0.150. The predicted octanol–water partition coefficient (Wildman–Crippen LogP) is 12.7. The van der Waals surface area contributed by atoms with E-state index in [1.54, 1.807) is 0 Å². The zero-order chi connectivity index (χ0) is 31.7. The van der Waals surface area contributed by atoms with Crippen LogP contribution in [-0.2, 0) is 5.41 Å². The third-order valence-electron chi connectivity index (χ3n) is 11.3. The first kappa shape index (κ1) is 26.2. The first-order valence-corrected chi connectivity index (χ1v) is 17.0. The molecule has 0 fully saturated rings. The zero-order valence-corrected chi connectivity index (χ0v) is 26.9. The number of hydrogen-bond acceptors (Lipinski definition) is 0. The Morgan fingerprint density at radius 1 is 0.417 bits per heavy atom. The van der Waals surface area contributed by atoms with Gasteiger partial charge in [-0.2, -0.15) is 0 Å². The van der Waals surface area contributed by atoms with Crippen LogP contribution in [0.5, 0.6) is 0 Å². The Balaban J connectivity index is 1.18. The van der Waals surface area contributed by atoms with Gasteiger partial charge in [0, 0.05) is 21.9 Å². The Bertz CT molecular complexity index is 2820. The van der Waals surface area contributed by atoms with Gasteiger partial charge in [0.05, 0.1) is 11.0 Å². The molecule has 1 heterocycles. The molecule has 9 aromatic rings. The van der Waals surface area contributed by atoms with Crippen LogP contribution in [0.2, 0.25) is 0 Å². The SMILES string of the molecule is CC1(C)c2ccccc2-c2c1c1c(c3ccccc23)c2ccccc2n1-c1ccc(-c2ccc3c4c(cccc24)-c2ccccc2-3)cc1. The molecule has 1 aromatic heterocycles. The lowest BCUT2D eigenvalue weighted by atomic mass is 9.80. The first-order chi connectivity index (χ1) is 23.6. The van der Waals surface area contributed by atoms with Crippen molar-refractivity contribution in [3.05, 3.63) is 163 Å². The maximum atomic E-state index is 2.54. The van der Waals surface area contributed by atoms with Crippen LogP contribution >= 0.6 is 0 Å². The van der Waals surface area contributed by atoms with Gasteiger partial charge in [0.1, 0.15) is 0 Å². The monoisotopic (exact) mass is 609 g/mol. The summed E-state index contributed by atoms with van der Waals surface area (Å²) >= 11 is 0. The minimum Gasteiger partial charge on any atom is -0.309 e. The van der Waals surface area contributed by atoms with Crippen molar-refractivity contribution < 1.29 is 0 Å². The molecule has 1 nitrogen and oxygen atoms in total. The van der Waals surface area contributed by atoms with E-state index in [4.69, 9.17) is 0 Å². The number of rotatable bonds is 2. The molecule has 2 aliphatic rings. The average Bonchev–Trinajstić information content (AvgIpc) is 3.74. The van der Waals surface area contributed by atoms with E-state index in [0.29, 0.717) is 0 Å². The highest BCUT2D eigenvalue weighted by molar-refractivity contribution is 6.27. The molecule has 0 saturated carbocycles. The van der Waals surface area contributed by atoms with E-state index in [1.165, 1.54) is 105 Å². The van der Waals surface area contributed by atoms with Gasteiger partial charge < -0.3 is 4.57 Å². The normalized spacial score (nSPS) is 13.8. The summed E-state index contributed by atoms with van der Waals surface area (Å²) in [6, 6.07) is 56.5. The van der Waals surface area contributed by atoms with Gasteiger partial charge in [0.2, 0.25) is 0 Å². The highest BCUT2D eigenvalue weighted by atomic mass is 15.0. The number of benzene rings is 8. The summed E-state index contributed by atoms with van der Waals surface area (Å²) in [6.07, 6.45) is 0. The van der Waals surface area contributed by atoms with Crippen LogP contribution in [0.3, 0.4) is 0 Å². The van der Waals surface area contributed by atoms with Crippen molar-refractivity contribution >= 4 is 43.4 Å². The van der Waals surface area contributed by atoms with Crippen molar-refractivity contribution in [3.63, 3.8) is 0 Å². The highest BCUT2D eigenvalue weighted by Crippen LogP contribution is 2.56. The second-order valence-corrected chi connectivity index (χ2v) is 14.0. The van der Waals surface area contributed by atoms with Gasteiger partial charge in [-0.15, -0.1) is 0 Å². The minimum absolute atomic E-state index is 0.150. The highest BCUT2D eigenvalue weighted by Gasteiger charge is 2.40. The molecule has 0 N–H and O–H groups in total. The smallest absolute Gasteiger partial charge is 0.0594 e. The lowest BCUT2D eigenvalue weighted by molar-refractivity contribution is 0.664. The molecule has 0 atom stereocenters.